The summed E-state index contributed by atoms with van der Waals surface area (Å²) in [4.78, 5) is 16.5. The van der Waals surface area contributed by atoms with E-state index in [1.54, 1.807) is 31.4 Å². The summed E-state index contributed by atoms with van der Waals surface area (Å²) in [5, 5.41) is 3.70. The lowest BCUT2D eigenvalue weighted by molar-refractivity contribution is 0.0511. The van der Waals surface area contributed by atoms with Crippen LogP contribution in [0.4, 0.5) is 0 Å². The zero-order valence-electron chi connectivity index (χ0n) is 11.1. The van der Waals surface area contributed by atoms with Gasteiger partial charge in [-0.25, -0.2) is 4.79 Å². The predicted octanol–water partition coefficient (Wildman–Crippen LogP) is 3.22. The molecule has 0 unspecified atom stereocenters. The van der Waals surface area contributed by atoms with Crippen LogP contribution >= 0.6 is 0 Å². The van der Waals surface area contributed by atoms with Crippen molar-refractivity contribution in [2.24, 2.45) is 5.16 Å². The van der Waals surface area contributed by atoms with E-state index in [9.17, 15) is 4.79 Å². The Hall–Kier alpha value is -2.46. The van der Waals surface area contributed by atoms with Crippen molar-refractivity contribution in [1.82, 2.24) is 0 Å². The number of hydrogen-bond acceptors (Lipinski definition) is 4. The van der Waals surface area contributed by atoms with Crippen molar-refractivity contribution in [3.63, 3.8) is 0 Å². The fourth-order valence-electron chi connectivity index (χ4n) is 1.69. The van der Waals surface area contributed by atoms with Crippen molar-refractivity contribution in [2.45, 2.75) is 6.10 Å². The van der Waals surface area contributed by atoms with E-state index in [0.717, 1.165) is 5.56 Å². The molecule has 0 N–H and O–H groups in total. The van der Waals surface area contributed by atoms with E-state index in [2.05, 4.69) is 5.16 Å². The van der Waals surface area contributed by atoms with E-state index >= 15 is 0 Å². The standard InChI is InChI=1S/C16H15NO3/c1-19-15(13-8-4-2-5-9-13)12-17-20-16(18)14-10-6-3-7-11-14/h2-12,15H,1H3/b17-12-/t15-/m0/s1. The molecular formula is C16H15NO3. The van der Waals surface area contributed by atoms with Crippen LogP contribution in [0.1, 0.15) is 22.0 Å². The molecule has 20 heavy (non-hydrogen) atoms. The quantitative estimate of drug-likeness (QED) is 0.475. The molecule has 0 aliphatic rings. The Bertz CT molecular complexity index is 567. The van der Waals surface area contributed by atoms with E-state index in [4.69, 9.17) is 9.57 Å². The Morgan fingerprint density at radius 2 is 1.65 bits per heavy atom. The molecule has 4 heteroatoms. The lowest BCUT2D eigenvalue weighted by Crippen LogP contribution is -2.05. The van der Waals surface area contributed by atoms with Gasteiger partial charge in [-0.3, -0.25) is 0 Å². The number of rotatable bonds is 5. The molecule has 0 saturated heterocycles. The zero-order valence-corrected chi connectivity index (χ0v) is 11.1. The first-order chi connectivity index (χ1) is 9.81. The molecule has 1 atom stereocenters. The molecule has 2 rings (SSSR count). The van der Waals surface area contributed by atoms with Crippen LogP contribution in [0.25, 0.3) is 0 Å². The first-order valence-electron chi connectivity index (χ1n) is 6.19. The first-order valence-corrected chi connectivity index (χ1v) is 6.19. The van der Waals surface area contributed by atoms with Gasteiger partial charge in [-0.1, -0.05) is 53.7 Å². The molecular weight excluding hydrogens is 254 g/mol. The molecule has 0 spiro atoms. The molecule has 2 aromatic carbocycles. The van der Waals surface area contributed by atoms with Crippen LogP contribution in [0.2, 0.25) is 0 Å². The van der Waals surface area contributed by atoms with Gasteiger partial charge < -0.3 is 9.57 Å². The third kappa shape index (κ3) is 3.76. The number of oxime groups is 1. The van der Waals surface area contributed by atoms with E-state index in [1.165, 1.54) is 6.21 Å². The number of hydrogen-bond donors (Lipinski definition) is 0. The summed E-state index contributed by atoms with van der Waals surface area (Å²) in [5.41, 5.74) is 1.40. The summed E-state index contributed by atoms with van der Waals surface area (Å²) in [6, 6.07) is 18.3. The lowest BCUT2D eigenvalue weighted by Gasteiger charge is -2.09. The van der Waals surface area contributed by atoms with Crippen molar-refractivity contribution in [2.75, 3.05) is 7.11 Å². The topological polar surface area (TPSA) is 47.9 Å². The molecule has 0 aliphatic carbocycles. The smallest absolute Gasteiger partial charge is 0.365 e. The number of benzene rings is 2. The van der Waals surface area contributed by atoms with Gasteiger partial charge in [-0.2, -0.15) is 0 Å². The molecule has 0 radical (unpaired) electrons. The van der Waals surface area contributed by atoms with Gasteiger partial charge in [0.1, 0.15) is 6.10 Å². The van der Waals surface area contributed by atoms with Gasteiger partial charge in [-0.05, 0) is 17.7 Å². The average molecular weight is 269 g/mol. The second-order valence-corrected chi connectivity index (χ2v) is 4.07. The summed E-state index contributed by atoms with van der Waals surface area (Å²) in [6.07, 6.45) is 1.11. The second-order valence-electron chi connectivity index (χ2n) is 4.07. The summed E-state index contributed by atoms with van der Waals surface area (Å²) < 4.78 is 5.28. The third-order valence-electron chi connectivity index (χ3n) is 2.72. The lowest BCUT2D eigenvalue weighted by atomic mass is 10.1. The minimum atomic E-state index is -0.496. The van der Waals surface area contributed by atoms with E-state index in [-0.39, 0.29) is 6.10 Å². The molecule has 102 valence electrons. The molecule has 0 aromatic heterocycles. The molecule has 0 amide bonds. The largest absolute Gasteiger partial charge is 0.371 e. The fraction of sp³-hybridized carbons (Fsp3) is 0.125. The highest BCUT2D eigenvalue weighted by molar-refractivity contribution is 5.89. The minimum Gasteiger partial charge on any atom is -0.371 e. The highest BCUT2D eigenvalue weighted by Crippen LogP contribution is 2.13. The highest BCUT2D eigenvalue weighted by Gasteiger charge is 2.08. The fourth-order valence-corrected chi connectivity index (χ4v) is 1.69. The van der Waals surface area contributed by atoms with Crippen molar-refractivity contribution in [3.8, 4) is 0 Å². The number of carbonyl (C=O) groups is 1. The van der Waals surface area contributed by atoms with Crippen LogP contribution in [0.15, 0.2) is 65.8 Å². The number of nitrogens with zero attached hydrogens (tertiary/aromatic N) is 1. The van der Waals surface area contributed by atoms with Crippen molar-refractivity contribution in [1.29, 1.82) is 0 Å². The monoisotopic (exact) mass is 269 g/mol. The second kappa shape index (κ2) is 7.21. The highest BCUT2D eigenvalue weighted by atomic mass is 16.7. The zero-order chi connectivity index (χ0) is 14.2. The molecule has 0 bridgehead atoms. The van der Waals surface area contributed by atoms with Crippen LogP contribution in [0.3, 0.4) is 0 Å². The Morgan fingerprint density at radius 3 is 2.25 bits per heavy atom. The summed E-state index contributed by atoms with van der Waals surface area (Å²) in [7, 11) is 1.57. The maximum absolute atomic E-state index is 11.7. The Balaban J connectivity index is 1.97. The number of carbonyl (C=O) groups excluding carboxylic acids is 1. The Labute approximate surface area is 117 Å². The van der Waals surface area contributed by atoms with Gasteiger partial charge in [0.05, 0.1) is 11.8 Å². The van der Waals surface area contributed by atoms with E-state index in [0.29, 0.717) is 5.56 Å². The predicted molar refractivity (Wildman–Crippen MR) is 76.5 cm³/mol. The van der Waals surface area contributed by atoms with Crippen LogP contribution in [0.5, 0.6) is 0 Å². The molecule has 0 aliphatic heterocycles. The van der Waals surface area contributed by atoms with Crippen LogP contribution < -0.4 is 0 Å². The third-order valence-corrected chi connectivity index (χ3v) is 2.72. The van der Waals surface area contributed by atoms with Gasteiger partial charge >= 0.3 is 5.97 Å². The van der Waals surface area contributed by atoms with E-state index < -0.39 is 5.97 Å². The van der Waals surface area contributed by atoms with Gasteiger partial charge in [0.2, 0.25) is 0 Å². The normalized spacial score (nSPS) is 12.2. The molecule has 0 heterocycles. The van der Waals surface area contributed by atoms with Gasteiger partial charge in [-0.15, -0.1) is 0 Å². The molecule has 0 saturated carbocycles. The van der Waals surface area contributed by atoms with Crippen molar-refractivity contribution in [3.05, 3.63) is 71.8 Å². The van der Waals surface area contributed by atoms with E-state index in [1.807, 2.05) is 36.4 Å². The van der Waals surface area contributed by atoms with Crippen molar-refractivity contribution >= 4 is 12.2 Å². The van der Waals surface area contributed by atoms with Gasteiger partial charge in [0.25, 0.3) is 0 Å². The average Bonchev–Trinajstić information content (AvgIpc) is 2.53. The maximum Gasteiger partial charge on any atom is 0.365 e. The Morgan fingerprint density at radius 1 is 1.05 bits per heavy atom. The van der Waals surface area contributed by atoms with Crippen LogP contribution in [-0.2, 0) is 9.57 Å². The SMILES string of the molecule is CO[C@@H](/C=N\OC(=O)c1ccccc1)c1ccccc1. The summed E-state index contributed by atoms with van der Waals surface area (Å²) in [5.74, 6) is -0.496. The van der Waals surface area contributed by atoms with Crippen LogP contribution in [0, 0.1) is 0 Å². The molecule has 4 nitrogen and oxygen atoms in total. The summed E-state index contributed by atoms with van der Waals surface area (Å²) in [6.45, 7) is 0. The Kier molecular flexibility index (Phi) is 5.03. The van der Waals surface area contributed by atoms with Crippen LogP contribution in [-0.4, -0.2) is 19.3 Å². The summed E-state index contributed by atoms with van der Waals surface area (Å²) >= 11 is 0. The number of methoxy groups -OCH3 is 1. The van der Waals surface area contributed by atoms with Gasteiger partial charge in [0, 0.05) is 7.11 Å². The molecule has 0 fully saturated rings. The minimum absolute atomic E-state index is 0.347. The first kappa shape index (κ1) is 14.0. The maximum atomic E-state index is 11.7. The molecule has 2 aromatic rings. The van der Waals surface area contributed by atoms with Gasteiger partial charge in [0.15, 0.2) is 0 Å². The van der Waals surface area contributed by atoms with Crippen molar-refractivity contribution < 1.29 is 14.4 Å². The number of ether oxygens (including phenoxy) is 1.